The lowest BCUT2D eigenvalue weighted by molar-refractivity contribution is -0.895. The fourth-order valence-corrected chi connectivity index (χ4v) is 5.40. The quantitative estimate of drug-likeness (QED) is 0.557. The number of hydrogen-bond acceptors (Lipinski definition) is 5. The molecule has 0 radical (unpaired) electrons. The molecule has 8 nitrogen and oxygen atoms in total. The number of amides is 2. The third-order valence-electron chi connectivity index (χ3n) is 4.28. The van der Waals surface area contributed by atoms with Crippen LogP contribution in [0.1, 0.15) is 10.4 Å². The van der Waals surface area contributed by atoms with Gasteiger partial charge < -0.3 is 4.90 Å². The Bertz CT molecular complexity index is 877. The zero-order valence-electron chi connectivity index (χ0n) is 14.6. The highest BCUT2D eigenvalue weighted by atomic mass is 32.2. The first kappa shape index (κ1) is 19.5. The smallest absolute Gasteiger partial charge is 0.293 e. The molecule has 1 aromatic carbocycles. The van der Waals surface area contributed by atoms with Crippen LogP contribution >= 0.6 is 11.3 Å². The topological polar surface area (TPSA) is 100 Å². The summed E-state index contributed by atoms with van der Waals surface area (Å²) in [5.41, 5.74) is 5.24. The SMILES string of the molecule is O=C(C[NH+]1CCN(S(=O)(=O)c2cccs2)CC1)NNC(=O)c1ccccc1. The van der Waals surface area contributed by atoms with Gasteiger partial charge in [-0.15, -0.1) is 11.3 Å². The molecule has 2 amide bonds. The van der Waals surface area contributed by atoms with Crippen molar-refractivity contribution < 1.29 is 22.9 Å². The summed E-state index contributed by atoms with van der Waals surface area (Å²) in [5.74, 6) is -0.699. The van der Waals surface area contributed by atoms with Crippen molar-refractivity contribution in [3.63, 3.8) is 0 Å². The molecule has 3 rings (SSSR count). The van der Waals surface area contributed by atoms with Gasteiger partial charge in [-0.2, -0.15) is 4.31 Å². The number of quaternary nitrogens is 1. The minimum Gasteiger partial charge on any atom is -0.325 e. The lowest BCUT2D eigenvalue weighted by Crippen LogP contribution is -3.16. The molecule has 3 N–H and O–H groups in total. The first-order valence-electron chi connectivity index (χ1n) is 8.48. The zero-order valence-corrected chi connectivity index (χ0v) is 16.2. The fourth-order valence-electron chi connectivity index (χ4n) is 2.82. The van der Waals surface area contributed by atoms with Crippen molar-refractivity contribution in [1.29, 1.82) is 0 Å². The maximum atomic E-state index is 12.5. The molecule has 1 saturated heterocycles. The fraction of sp³-hybridized carbons (Fsp3) is 0.294. The van der Waals surface area contributed by atoms with Gasteiger partial charge in [-0.25, -0.2) is 8.42 Å². The highest BCUT2D eigenvalue weighted by Crippen LogP contribution is 2.20. The Morgan fingerprint density at radius 3 is 2.37 bits per heavy atom. The summed E-state index contributed by atoms with van der Waals surface area (Å²) in [6.07, 6.45) is 0. The number of sulfonamides is 1. The molecule has 144 valence electrons. The third-order valence-corrected chi connectivity index (χ3v) is 7.55. The van der Waals surface area contributed by atoms with Crippen LogP contribution < -0.4 is 15.8 Å². The van der Waals surface area contributed by atoms with Crippen LogP contribution in [0.15, 0.2) is 52.1 Å². The summed E-state index contributed by atoms with van der Waals surface area (Å²) in [6, 6.07) is 11.9. The Labute approximate surface area is 161 Å². The van der Waals surface area contributed by atoms with Crippen LogP contribution in [0.5, 0.6) is 0 Å². The molecule has 0 saturated carbocycles. The largest absolute Gasteiger partial charge is 0.325 e. The van der Waals surface area contributed by atoms with Gasteiger partial charge in [0.15, 0.2) is 6.54 Å². The maximum Gasteiger partial charge on any atom is 0.293 e. The number of carbonyl (C=O) groups excluding carboxylic acids is 2. The Balaban J connectivity index is 1.44. The van der Waals surface area contributed by atoms with Gasteiger partial charge in [-0.1, -0.05) is 24.3 Å². The normalized spacial score (nSPS) is 16.0. The van der Waals surface area contributed by atoms with Crippen LogP contribution in [0.2, 0.25) is 0 Å². The zero-order chi connectivity index (χ0) is 19.3. The van der Waals surface area contributed by atoms with Gasteiger partial charge in [0.05, 0.1) is 26.2 Å². The van der Waals surface area contributed by atoms with Gasteiger partial charge in [0.2, 0.25) is 0 Å². The summed E-state index contributed by atoms with van der Waals surface area (Å²) < 4.78 is 26.8. The molecule has 0 bridgehead atoms. The number of thiophene rings is 1. The minimum absolute atomic E-state index is 0.169. The molecule has 10 heteroatoms. The molecular weight excluding hydrogens is 388 g/mol. The average molecular weight is 410 g/mol. The van der Waals surface area contributed by atoms with Crippen molar-refractivity contribution in [2.24, 2.45) is 0 Å². The summed E-state index contributed by atoms with van der Waals surface area (Å²) in [6.45, 7) is 1.95. The van der Waals surface area contributed by atoms with Crippen molar-refractivity contribution in [2.45, 2.75) is 4.21 Å². The van der Waals surface area contributed by atoms with Crippen LogP contribution in [0.3, 0.4) is 0 Å². The van der Waals surface area contributed by atoms with Crippen molar-refractivity contribution in [3.8, 4) is 0 Å². The number of hydrazine groups is 1. The lowest BCUT2D eigenvalue weighted by atomic mass is 10.2. The van der Waals surface area contributed by atoms with Gasteiger partial charge in [-0.05, 0) is 23.6 Å². The van der Waals surface area contributed by atoms with E-state index in [0.717, 1.165) is 4.90 Å². The van der Waals surface area contributed by atoms with E-state index in [1.54, 1.807) is 47.8 Å². The van der Waals surface area contributed by atoms with E-state index in [1.807, 2.05) is 0 Å². The molecular formula is C17H21N4O4S2+. The molecule has 0 aliphatic carbocycles. The van der Waals surface area contributed by atoms with Crippen molar-refractivity contribution in [3.05, 3.63) is 53.4 Å². The Morgan fingerprint density at radius 2 is 1.74 bits per heavy atom. The molecule has 27 heavy (non-hydrogen) atoms. The van der Waals surface area contributed by atoms with Crippen molar-refractivity contribution in [1.82, 2.24) is 15.2 Å². The van der Waals surface area contributed by atoms with E-state index in [2.05, 4.69) is 10.9 Å². The van der Waals surface area contributed by atoms with Crippen LogP contribution in [-0.2, 0) is 14.8 Å². The number of nitrogens with zero attached hydrogens (tertiary/aromatic N) is 1. The number of benzene rings is 1. The molecule has 1 fully saturated rings. The van der Waals surface area contributed by atoms with E-state index in [1.165, 1.54) is 15.6 Å². The Morgan fingerprint density at radius 1 is 1.04 bits per heavy atom. The van der Waals surface area contributed by atoms with Gasteiger partial charge in [-0.3, -0.25) is 20.4 Å². The van der Waals surface area contributed by atoms with Crippen LogP contribution in [0, 0.1) is 0 Å². The van der Waals surface area contributed by atoms with Crippen LogP contribution in [-0.4, -0.2) is 57.3 Å². The maximum absolute atomic E-state index is 12.5. The first-order chi connectivity index (χ1) is 13.0. The van der Waals surface area contributed by atoms with E-state index in [0.29, 0.717) is 36.0 Å². The van der Waals surface area contributed by atoms with Crippen LogP contribution in [0.25, 0.3) is 0 Å². The number of nitrogens with one attached hydrogen (secondary N) is 3. The predicted molar refractivity (Wildman–Crippen MR) is 101 cm³/mol. The Hall–Kier alpha value is -2.27. The second kappa shape index (κ2) is 8.61. The molecule has 1 aliphatic rings. The molecule has 0 unspecified atom stereocenters. The average Bonchev–Trinajstić information content (AvgIpc) is 3.23. The lowest BCUT2D eigenvalue weighted by Gasteiger charge is -2.30. The minimum atomic E-state index is -3.44. The second-order valence-corrected chi connectivity index (χ2v) is 9.24. The predicted octanol–water partition coefficient (Wildman–Crippen LogP) is -0.901. The highest BCUT2D eigenvalue weighted by Gasteiger charge is 2.31. The van der Waals surface area contributed by atoms with E-state index < -0.39 is 10.0 Å². The number of rotatable bonds is 5. The van der Waals surface area contributed by atoms with Gasteiger partial charge in [0, 0.05) is 5.56 Å². The first-order valence-corrected chi connectivity index (χ1v) is 10.8. The van der Waals surface area contributed by atoms with E-state index in [9.17, 15) is 18.0 Å². The molecule has 1 aliphatic heterocycles. The van der Waals surface area contributed by atoms with Gasteiger partial charge in [0.1, 0.15) is 4.21 Å². The Kier molecular flexibility index (Phi) is 6.22. The van der Waals surface area contributed by atoms with Crippen molar-refractivity contribution >= 4 is 33.2 Å². The number of hydrogen-bond donors (Lipinski definition) is 3. The standard InChI is InChI=1S/C17H20N4O4S2/c22-15(18-19-17(23)14-5-2-1-3-6-14)13-20-8-10-21(11-9-20)27(24,25)16-7-4-12-26-16/h1-7,12H,8-11,13H2,(H,18,22)(H,19,23)/p+1. The molecule has 2 heterocycles. The van der Waals surface area contributed by atoms with E-state index >= 15 is 0 Å². The summed E-state index contributed by atoms with van der Waals surface area (Å²) in [7, 11) is -3.44. The second-order valence-electron chi connectivity index (χ2n) is 6.13. The number of carbonyl (C=O) groups is 2. The van der Waals surface area contributed by atoms with E-state index in [4.69, 9.17) is 0 Å². The monoisotopic (exact) mass is 409 g/mol. The molecule has 1 aromatic heterocycles. The summed E-state index contributed by atoms with van der Waals surface area (Å²) in [5, 5.41) is 1.74. The molecule has 2 aromatic rings. The van der Waals surface area contributed by atoms with Crippen LogP contribution in [0.4, 0.5) is 0 Å². The molecule has 0 atom stereocenters. The van der Waals surface area contributed by atoms with Gasteiger partial charge >= 0.3 is 0 Å². The molecule has 0 spiro atoms. The summed E-state index contributed by atoms with van der Waals surface area (Å²) >= 11 is 1.20. The van der Waals surface area contributed by atoms with E-state index in [-0.39, 0.29) is 18.4 Å². The highest BCUT2D eigenvalue weighted by molar-refractivity contribution is 7.91. The van der Waals surface area contributed by atoms with Crippen molar-refractivity contribution in [2.75, 3.05) is 32.7 Å². The third kappa shape index (κ3) is 4.92. The number of piperazine rings is 1. The van der Waals surface area contributed by atoms with Gasteiger partial charge in [0.25, 0.3) is 21.8 Å². The summed E-state index contributed by atoms with van der Waals surface area (Å²) in [4.78, 5) is 24.9.